The lowest BCUT2D eigenvalue weighted by atomic mass is 10.1. The lowest BCUT2D eigenvalue weighted by molar-refractivity contribution is -0.132. The Balaban J connectivity index is 1.43. The van der Waals surface area contributed by atoms with Gasteiger partial charge in [0.1, 0.15) is 11.6 Å². The number of ether oxygens (including phenoxy) is 1. The SMILES string of the molecule is CN(CCCc1cc(-c2cccc(F)c2)n[nH]1)C(=O)COc1ccccc1. The second kappa shape index (κ2) is 8.98. The molecule has 0 aliphatic heterocycles. The van der Waals surface area contributed by atoms with Crippen LogP contribution in [0.4, 0.5) is 4.39 Å². The number of hydrogen-bond acceptors (Lipinski definition) is 3. The normalized spacial score (nSPS) is 10.6. The van der Waals surface area contributed by atoms with Crippen molar-refractivity contribution in [2.45, 2.75) is 12.8 Å². The van der Waals surface area contributed by atoms with E-state index in [-0.39, 0.29) is 18.3 Å². The Morgan fingerprint density at radius 3 is 2.74 bits per heavy atom. The summed E-state index contributed by atoms with van der Waals surface area (Å²) >= 11 is 0. The number of aromatic nitrogens is 2. The molecule has 1 aromatic heterocycles. The van der Waals surface area contributed by atoms with Crippen LogP contribution in [0.15, 0.2) is 60.7 Å². The third-order valence-corrected chi connectivity index (χ3v) is 4.22. The third-order valence-electron chi connectivity index (χ3n) is 4.22. The van der Waals surface area contributed by atoms with Crippen molar-refractivity contribution >= 4 is 5.91 Å². The summed E-state index contributed by atoms with van der Waals surface area (Å²) in [7, 11) is 1.77. The van der Waals surface area contributed by atoms with Crippen LogP contribution in [0.25, 0.3) is 11.3 Å². The van der Waals surface area contributed by atoms with E-state index in [4.69, 9.17) is 4.74 Å². The fourth-order valence-electron chi connectivity index (χ4n) is 2.69. The molecule has 2 aromatic carbocycles. The van der Waals surface area contributed by atoms with E-state index in [1.807, 2.05) is 42.5 Å². The van der Waals surface area contributed by atoms with E-state index in [1.54, 1.807) is 18.0 Å². The number of rotatable bonds is 8. The number of H-pyrrole nitrogens is 1. The van der Waals surface area contributed by atoms with Crippen LogP contribution >= 0.6 is 0 Å². The zero-order valence-electron chi connectivity index (χ0n) is 15.2. The number of para-hydroxylation sites is 1. The first-order valence-electron chi connectivity index (χ1n) is 8.84. The first-order chi connectivity index (χ1) is 13.1. The Morgan fingerprint density at radius 1 is 1.15 bits per heavy atom. The molecule has 0 radical (unpaired) electrons. The molecule has 0 saturated heterocycles. The summed E-state index contributed by atoms with van der Waals surface area (Å²) in [6.45, 7) is 0.638. The molecule has 0 fully saturated rings. The average Bonchev–Trinajstić information content (AvgIpc) is 3.16. The van der Waals surface area contributed by atoms with E-state index in [1.165, 1.54) is 12.1 Å². The molecular formula is C21H22FN3O2. The summed E-state index contributed by atoms with van der Waals surface area (Å²) in [6.07, 6.45) is 1.54. The summed E-state index contributed by atoms with van der Waals surface area (Å²) in [6, 6.07) is 17.5. The maximum Gasteiger partial charge on any atom is 0.260 e. The van der Waals surface area contributed by atoms with Gasteiger partial charge < -0.3 is 9.64 Å². The van der Waals surface area contributed by atoms with Gasteiger partial charge in [0.25, 0.3) is 5.91 Å². The summed E-state index contributed by atoms with van der Waals surface area (Å²) in [4.78, 5) is 13.8. The van der Waals surface area contributed by atoms with Crippen LogP contribution in [0, 0.1) is 5.82 Å². The van der Waals surface area contributed by atoms with Crippen LogP contribution in [-0.2, 0) is 11.2 Å². The third kappa shape index (κ3) is 5.41. The topological polar surface area (TPSA) is 58.2 Å². The van der Waals surface area contributed by atoms with Crippen LogP contribution in [0.2, 0.25) is 0 Å². The Morgan fingerprint density at radius 2 is 1.96 bits per heavy atom. The predicted molar refractivity (Wildman–Crippen MR) is 102 cm³/mol. The largest absolute Gasteiger partial charge is 0.484 e. The van der Waals surface area contributed by atoms with Gasteiger partial charge in [-0.2, -0.15) is 5.10 Å². The molecule has 3 rings (SSSR count). The summed E-state index contributed by atoms with van der Waals surface area (Å²) in [5.41, 5.74) is 2.41. The van der Waals surface area contributed by atoms with E-state index in [0.717, 1.165) is 24.1 Å². The molecule has 0 bridgehead atoms. The quantitative estimate of drug-likeness (QED) is 0.661. The summed E-state index contributed by atoms with van der Waals surface area (Å²) < 4.78 is 18.8. The molecule has 5 nitrogen and oxygen atoms in total. The zero-order valence-corrected chi connectivity index (χ0v) is 15.2. The minimum absolute atomic E-state index is 0.0221. The Labute approximate surface area is 157 Å². The predicted octanol–water partition coefficient (Wildman–Crippen LogP) is 3.69. The second-order valence-electron chi connectivity index (χ2n) is 6.31. The van der Waals surface area contributed by atoms with Crippen LogP contribution < -0.4 is 4.74 Å². The van der Waals surface area contributed by atoms with Gasteiger partial charge in [-0.3, -0.25) is 9.89 Å². The summed E-state index contributed by atoms with van der Waals surface area (Å²) in [5, 5.41) is 7.20. The standard InChI is InChI=1S/C21H22FN3O2/c1-25(21(26)15-27-19-10-3-2-4-11-19)12-6-9-18-14-20(24-23-18)16-7-5-8-17(22)13-16/h2-5,7-8,10-11,13-14H,6,9,12,15H2,1H3,(H,23,24). The molecule has 6 heteroatoms. The maximum atomic E-state index is 13.3. The zero-order chi connectivity index (χ0) is 19.1. The maximum absolute atomic E-state index is 13.3. The van der Waals surface area contributed by atoms with Gasteiger partial charge in [0, 0.05) is 24.8 Å². The minimum atomic E-state index is -0.282. The highest BCUT2D eigenvalue weighted by Gasteiger charge is 2.10. The van der Waals surface area contributed by atoms with Gasteiger partial charge in [0.05, 0.1) is 5.69 Å². The lowest BCUT2D eigenvalue weighted by Gasteiger charge is -2.17. The lowest BCUT2D eigenvalue weighted by Crippen LogP contribution is -2.32. The molecule has 27 heavy (non-hydrogen) atoms. The number of likely N-dealkylation sites (N-methyl/N-ethyl adjacent to an activating group) is 1. The first kappa shape index (κ1) is 18.6. The van der Waals surface area contributed by atoms with Gasteiger partial charge in [0.15, 0.2) is 6.61 Å². The van der Waals surface area contributed by atoms with Gasteiger partial charge in [0.2, 0.25) is 0 Å². The molecule has 3 aromatic rings. The van der Waals surface area contributed by atoms with Crippen LogP contribution in [0.1, 0.15) is 12.1 Å². The minimum Gasteiger partial charge on any atom is -0.484 e. The number of hydrogen-bond donors (Lipinski definition) is 1. The van der Waals surface area contributed by atoms with Crippen LogP contribution in [-0.4, -0.2) is 41.2 Å². The molecule has 0 aliphatic rings. The van der Waals surface area contributed by atoms with Crippen molar-refractivity contribution in [2.75, 3.05) is 20.2 Å². The van der Waals surface area contributed by atoms with Gasteiger partial charge in [-0.05, 0) is 43.2 Å². The fraction of sp³-hybridized carbons (Fsp3) is 0.238. The fourth-order valence-corrected chi connectivity index (χ4v) is 2.69. The van der Waals surface area contributed by atoms with E-state index < -0.39 is 0 Å². The van der Waals surface area contributed by atoms with Gasteiger partial charge in [-0.1, -0.05) is 30.3 Å². The summed E-state index contributed by atoms with van der Waals surface area (Å²) in [5.74, 6) is 0.334. The van der Waals surface area contributed by atoms with E-state index in [9.17, 15) is 9.18 Å². The number of nitrogens with one attached hydrogen (secondary N) is 1. The van der Waals surface area contributed by atoms with Crippen molar-refractivity contribution in [3.05, 3.63) is 72.2 Å². The number of carbonyl (C=O) groups excluding carboxylic acids is 1. The molecule has 0 aliphatic carbocycles. The number of nitrogens with zero attached hydrogens (tertiary/aromatic N) is 2. The van der Waals surface area contributed by atoms with E-state index in [0.29, 0.717) is 18.0 Å². The number of aryl methyl sites for hydroxylation is 1. The van der Waals surface area contributed by atoms with E-state index in [2.05, 4.69) is 10.2 Å². The molecule has 1 heterocycles. The van der Waals surface area contributed by atoms with E-state index >= 15 is 0 Å². The van der Waals surface area contributed by atoms with Crippen molar-refractivity contribution < 1.29 is 13.9 Å². The highest BCUT2D eigenvalue weighted by molar-refractivity contribution is 5.77. The average molecular weight is 367 g/mol. The second-order valence-corrected chi connectivity index (χ2v) is 6.31. The Hall–Kier alpha value is -3.15. The van der Waals surface area contributed by atoms with Crippen LogP contribution in [0.3, 0.4) is 0 Å². The van der Waals surface area contributed by atoms with Gasteiger partial charge >= 0.3 is 0 Å². The number of halogens is 1. The number of amides is 1. The van der Waals surface area contributed by atoms with Crippen molar-refractivity contribution in [1.82, 2.24) is 15.1 Å². The van der Waals surface area contributed by atoms with Crippen molar-refractivity contribution in [1.29, 1.82) is 0 Å². The molecular weight excluding hydrogens is 345 g/mol. The van der Waals surface area contributed by atoms with Crippen LogP contribution in [0.5, 0.6) is 5.75 Å². The van der Waals surface area contributed by atoms with Gasteiger partial charge in [-0.25, -0.2) is 4.39 Å². The molecule has 0 saturated carbocycles. The molecule has 140 valence electrons. The number of carbonyl (C=O) groups is 1. The molecule has 0 atom stereocenters. The Bertz CT molecular complexity index is 880. The number of benzene rings is 2. The molecule has 0 spiro atoms. The Kier molecular flexibility index (Phi) is 6.20. The smallest absolute Gasteiger partial charge is 0.260 e. The monoisotopic (exact) mass is 367 g/mol. The molecule has 1 N–H and O–H groups in total. The van der Waals surface area contributed by atoms with Crippen molar-refractivity contribution in [3.63, 3.8) is 0 Å². The van der Waals surface area contributed by atoms with Crippen molar-refractivity contribution in [3.8, 4) is 17.0 Å². The molecule has 1 amide bonds. The van der Waals surface area contributed by atoms with Gasteiger partial charge in [-0.15, -0.1) is 0 Å². The highest BCUT2D eigenvalue weighted by Crippen LogP contribution is 2.19. The first-order valence-corrected chi connectivity index (χ1v) is 8.84. The highest BCUT2D eigenvalue weighted by atomic mass is 19.1. The van der Waals surface area contributed by atoms with Crippen molar-refractivity contribution in [2.24, 2.45) is 0 Å². The molecule has 0 unspecified atom stereocenters. The number of aromatic amines is 1.